The second kappa shape index (κ2) is 39.9. The van der Waals surface area contributed by atoms with Gasteiger partial charge in [0.15, 0.2) is 0 Å². The Bertz CT molecular complexity index is 1410. The van der Waals surface area contributed by atoms with Crippen LogP contribution in [0.1, 0.15) is 68.9 Å². The normalized spacial score (nSPS) is 12.1. The van der Waals surface area contributed by atoms with Crippen molar-refractivity contribution in [3.8, 4) is 11.1 Å². The molecule has 0 fully saturated rings. The summed E-state index contributed by atoms with van der Waals surface area (Å²) in [4.78, 5) is 25.9. The molecule has 3 rings (SSSR count). The average molecular weight is 922 g/mol. The molecular formula is C49H79NO15. The standard InChI is InChI=1S/C49H79NO15/c1-3-4-5-6-7-8-17-48(51)64-41-40-63-39-38-62-37-36-61-35-34-60-33-32-59-31-30-58-29-28-57-27-26-56-25-24-55-23-22-54-21-20-53-19-18-50(2)49(52)65-42-47-45-15-11-9-13-43(45)44-14-10-12-16-46(44)47/h9-16,47H,3-8,17-42H2,1-2H3. The van der Waals surface area contributed by atoms with Gasteiger partial charge in [0.2, 0.25) is 0 Å². The minimum absolute atomic E-state index is 0.0339. The SMILES string of the molecule is CCCCCCCCC(=O)OCCOCCOCCOCCOCCOCCOCCOCCOCCOCCOCCOCCN(C)C(=O)OCC1c2ccccc2-c2ccccc21. The summed E-state index contributed by atoms with van der Waals surface area (Å²) in [5.41, 5.74) is 4.79. The lowest BCUT2D eigenvalue weighted by atomic mass is 9.98. The van der Waals surface area contributed by atoms with E-state index in [2.05, 4.69) is 31.2 Å². The number of hydrogen-bond acceptors (Lipinski definition) is 15. The van der Waals surface area contributed by atoms with E-state index in [1.807, 2.05) is 24.3 Å². The van der Waals surface area contributed by atoms with Gasteiger partial charge in [0, 0.05) is 25.9 Å². The molecule has 2 aromatic carbocycles. The van der Waals surface area contributed by atoms with E-state index in [0.29, 0.717) is 165 Å². The highest BCUT2D eigenvalue weighted by Crippen LogP contribution is 2.44. The van der Waals surface area contributed by atoms with Crippen molar-refractivity contribution in [2.24, 2.45) is 0 Å². The molecule has 16 heteroatoms. The third-order valence-corrected chi connectivity index (χ3v) is 10.2. The molecule has 370 valence electrons. The maximum atomic E-state index is 12.6. The smallest absolute Gasteiger partial charge is 0.409 e. The zero-order valence-electron chi connectivity index (χ0n) is 39.4. The Morgan fingerprint density at radius 3 is 1.17 bits per heavy atom. The van der Waals surface area contributed by atoms with Gasteiger partial charge in [-0.2, -0.15) is 0 Å². The van der Waals surface area contributed by atoms with E-state index in [4.69, 9.17) is 61.6 Å². The van der Waals surface area contributed by atoms with E-state index < -0.39 is 0 Å². The van der Waals surface area contributed by atoms with E-state index in [0.717, 1.165) is 12.8 Å². The van der Waals surface area contributed by atoms with Crippen LogP contribution in [0.3, 0.4) is 0 Å². The van der Waals surface area contributed by atoms with Crippen molar-refractivity contribution in [1.82, 2.24) is 4.90 Å². The molecule has 65 heavy (non-hydrogen) atoms. The molecule has 1 amide bonds. The number of hydrogen-bond donors (Lipinski definition) is 0. The molecule has 0 aliphatic heterocycles. The van der Waals surface area contributed by atoms with Gasteiger partial charge in [-0.05, 0) is 28.7 Å². The van der Waals surface area contributed by atoms with Crippen molar-refractivity contribution < 1.29 is 71.2 Å². The number of carbonyl (C=O) groups is 2. The number of fused-ring (bicyclic) bond motifs is 3. The van der Waals surface area contributed by atoms with Gasteiger partial charge in [-0.1, -0.05) is 87.6 Å². The van der Waals surface area contributed by atoms with E-state index in [1.54, 1.807) is 7.05 Å². The second-order valence-electron chi connectivity index (χ2n) is 15.2. The lowest BCUT2D eigenvalue weighted by molar-refractivity contribution is -0.145. The first kappa shape index (κ1) is 56.1. The fraction of sp³-hybridized carbons (Fsp3) is 0.714. The number of likely N-dealkylation sites (N-methyl/N-ethyl adjacent to an activating group) is 1. The topological polar surface area (TPSA) is 157 Å². The molecule has 2 aromatic rings. The molecule has 0 bridgehead atoms. The van der Waals surface area contributed by atoms with Crippen molar-refractivity contribution in [3.05, 3.63) is 59.7 Å². The Labute approximate surface area is 388 Å². The molecule has 0 radical (unpaired) electrons. The first-order chi connectivity index (χ1) is 32.1. The lowest BCUT2D eigenvalue weighted by Gasteiger charge is -2.19. The predicted octanol–water partition coefficient (Wildman–Crippen LogP) is 6.34. The first-order valence-electron chi connectivity index (χ1n) is 23.7. The lowest BCUT2D eigenvalue weighted by Crippen LogP contribution is -2.32. The number of amides is 1. The summed E-state index contributed by atoms with van der Waals surface area (Å²) in [7, 11) is 1.71. The number of esters is 1. The van der Waals surface area contributed by atoms with Gasteiger partial charge in [-0.15, -0.1) is 0 Å². The molecule has 0 N–H and O–H groups in total. The third-order valence-electron chi connectivity index (χ3n) is 10.2. The molecule has 1 aliphatic rings. The van der Waals surface area contributed by atoms with Gasteiger partial charge >= 0.3 is 12.1 Å². The Balaban J connectivity index is 0.928. The molecule has 0 aromatic heterocycles. The Hall–Kier alpha value is -3.26. The van der Waals surface area contributed by atoms with Crippen molar-refractivity contribution >= 4 is 12.1 Å². The highest BCUT2D eigenvalue weighted by atomic mass is 16.6. The van der Waals surface area contributed by atoms with Gasteiger partial charge in [0.1, 0.15) is 13.2 Å². The highest BCUT2D eigenvalue weighted by Gasteiger charge is 2.29. The summed E-state index contributed by atoms with van der Waals surface area (Å²) in [6.45, 7) is 13.4. The van der Waals surface area contributed by atoms with Crippen LogP contribution in [-0.4, -0.2) is 189 Å². The molecule has 0 spiro atoms. The Kier molecular flexibility index (Phi) is 34.4. The van der Waals surface area contributed by atoms with Crippen LogP contribution >= 0.6 is 0 Å². The van der Waals surface area contributed by atoms with Crippen molar-refractivity contribution in [1.29, 1.82) is 0 Å². The van der Waals surface area contributed by atoms with Crippen LogP contribution < -0.4 is 0 Å². The quantitative estimate of drug-likeness (QED) is 0.0535. The van der Waals surface area contributed by atoms with Crippen LogP contribution in [0.2, 0.25) is 0 Å². The zero-order valence-corrected chi connectivity index (χ0v) is 39.4. The average Bonchev–Trinajstić information content (AvgIpc) is 3.64. The molecule has 0 heterocycles. The number of nitrogens with zero attached hydrogens (tertiary/aromatic N) is 1. The highest BCUT2D eigenvalue weighted by molar-refractivity contribution is 5.79. The van der Waals surface area contributed by atoms with Crippen LogP contribution in [0.5, 0.6) is 0 Å². The molecule has 0 atom stereocenters. The van der Waals surface area contributed by atoms with Gasteiger partial charge in [0.05, 0.1) is 145 Å². The van der Waals surface area contributed by atoms with E-state index in [-0.39, 0.29) is 24.6 Å². The number of benzene rings is 2. The van der Waals surface area contributed by atoms with Crippen molar-refractivity contribution in [3.63, 3.8) is 0 Å². The molecule has 0 unspecified atom stereocenters. The van der Waals surface area contributed by atoms with Gasteiger partial charge < -0.3 is 66.5 Å². The Morgan fingerprint density at radius 1 is 0.431 bits per heavy atom. The predicted molar refractivity (Wildman–Crippen MR) is 246 cm³/mol. The summed E-state index contributed by atoms with van der Waals surface area (Å²) >= 11 is 0. The fourth-order valence-corrected chi connectivity index (χ4v) is 6.63. The van der Waals surface area contributed by atoms with Crippen LogP contribution in [0, 0.1) is 0 Å². The first-order valence-corrected chi connectivity index (χ1v) is 23.7. The summed E-state index contributed by atoms with van der Waals surface area (Å²) in [6, 6.07) is 16.6. The van der Waals surface area contributed by atoms with E-state index >= 15 is 0 Å². The van der Waals surface area contributed by atoms with Gasteiger partial charge in [-0.3, -0.25) is 4.79 Å². The maximum absolute atomic E-state index is 12.6. The summed E-state index contributed by atoms with van der Waals surface area (Å²) in [6.07, 6.45) is 7.02. The number of rotatable bonds is 45. The van der Waals surface area contributed by atoms with Crippen LogP contribution in [-0.2, 0) is 66.4 Å². The molecule has 16 nitrogen and oxygen atoms in total. The number of carbonyl (C=O) groups excluding carboxylic acids is 2. The summed E-state index contributed by atoms with van der Waals surface area (Å²) in [5.74, 6) is -0.115. The molecule has 0 saturated heterocycles. The monoisotopic (exact) mass is 922 g/mol. The van der Waals surface area contributed by atoms with E-state index in [1.165, 1.54) is 52.8 Å². The van der Waals surface area contributed by atoms with Crippen molar-refractivity contribution in [2.45, 2.75) is 57.8 Å². The van der Waals surface area contributed by atoms with Gasteiger partial charge in [-0.25, -0.2) is 4.79 Å². The van der Waals surface area contributed by atoms with Crippen LogP contribution in [0.15, 0.2) is 48.5 Å². The van der Waals surface area contributed by atoms with E-state index in [9.17, 15) is 9.59 Å². The van der Waals surface area contributed by atoms with Crippen LogP contribution in [0.4, 0.5) is 4.79 Å². The third kappa shape index (κ3) is 27.9. The Morgan fingerprint density at radius 2 is 0.769 bits per heavy atom. The van der Waals surface area contributed by atoms with Gasteiger partial charge in [0.25, 0.3) is 0 Å². The van der Waals surface area contributed by atoms with Crippen LogP contribution in [0.25, 0.3) is 11.1 Å². The zero-order chi connectivity index (χ0) is 46.1. The summed E-state index contributed by atoms with van der Waals surface area (Å²) < 4.78 is 71.6. The number of ether oxygens (including phenoxy) is 13. The minimum atomic E-state index is -0.368. The molecular weight excluding hydrogens is 843 g/mol. The molecule has 0 saturated carbocycles. The fourth-order valence-electron chi connectivity index (χ4n) is 6.63. The largest absolute Gasteiger partial charge is 0.463 e. The minimum Gasteiger partial charge on any atom is -0.463 e. The van der Waals surface area contributed by atoms with Crippen molar-refractivity contribution in [2.75, 3.05) is 172 Å². The second-order valence-corrected chi connectivity index (χ2v) is 15.2. The molecule has 1 aliphatic carbocycles. The number of unbranched alkanes of at least 4 members (excludes halogenated alkanes) is 5. The maximum Gasteiger partial charge on any atom is 0.409 e. The summed E-state index contributed by atoms with van der Waals surface area (Å²) in [5, 5.41) is 0.